The molecule has 2 rings (SSSR count). The maximum Gasteiger partial charge on any atom is 0.255 e. The minimum atomic E-state index is -0.0553. The average Bonchev–Trinajstić information content (AvgIpc) is 2.40. The van der Waals surface area contributed by atoms with Crippen molar-refractivity contribution in [3.05, 3.63) is 29.3 Å². The predicted octanol–water partition coefficient (Wildman–Crippen LogP) is 1.70. The summed E-state index contributed by atoms with van der Waals surface area (Å²) in [6.07, 6.45) is 0. The van der Waals surface area contributed by atoms with E-state index in [-0.39, 0.29) is 5.91 Å². The van der Waals surface area contributed by atoms with Gasteiger partial charge >= 0.3 is 0 Å². The Hall–Kier alpha value is -1.03. The van der Waals surface area contributed by atoms with E-state index in [1.54, 1.807) is 0 Å². The number of alkyl halides is 1. The van der Waals surface area contributed by atoms with Gasteiger partial charge in [-0.1, -0.05) is 22.0 Å². The van der Waals surface area contributed by atoms with E-state index in [2.05, 4.69) is 21.2 Å². The Morgan fingerprint density at radius 3 is 3.14 bits per heavy atom. The van der Waals surface area contributed by atoms with E-state index >= 15 is 0 Å². The Balaban J connectivity index is 2.44. The van der Waals surface area contributed by atoms with Crippen LogP contribution in [0.5, 0.6) is 5.75 Å². The molecule has 1 aromatic carbocycles. The Kier molecular flexibility index (Phi) is 2.72. The molecule has 0 aliphatic carbocycles. The van der Waals surface area contributed by atoms with Crippen LogP contribution in [-0.4, -0.2) is 19.1 Å². The van der Waals surface area contributed by atoms with Crippen LogP contribution < -0.4 is 10.1 Å². The molecule has 1 amide bonds. The standard InChI is InChI=1S/C10H10BrNO2/c11-6-7-1-2-9-8(5-7)10(13)12-3-4-14-9/h1-2,5H,3-4,6H2,(H,12,13). The number of hydrogen-bond acceptors (Lipinski definition) is 2. The third kappa shape index (κ3) is 1.75. The molecule has 4 heteroatoms. The van der Waals surface area contributed by atoms with E-state index < -0.39 is 0 Å². The minimum absolute atomic E-state index is 0.0553. The van der Waals surface area contributed by atoms with Crippen LogP contribution in [0.15, 0.2) is 18.2 Å². The lowest BCUT2D eigenvalue weighted by Gasteiger charge is -2.05. The summed E-state index contributed by atoms with van der Waals surface area (Å²) in [5, 5.41) is 3.52. The van der Waals surface area contributed by atoms with Crippen LogP contribution in [0.25, 0.3) is 0 Å². The van der Waals surface area contributed by atoms with Crippen LogP contribution in [0.4, 0.5) is 0 Å². The smallest absolute Gasteiger partial charge is 0.255 e. The first kappa shape index (κ1) is 9.52. The zero-order valence-electron chi connectivity index (χ0n) is 7.55. The fourth-order valence-corrected chi connectivity index (χ4v) is 1.73. The SMILES string of the molecule is O=C1NCCOc2ccc(CBr)cc21. The third-order valence-electron chi connectivity index (χ3n) is 2.09. The van der Waals surface area contributed by atoms with E-state index in [0.717, 1.165) is 10.9 Å². The van der Waals surface area contributed by atoms with Gasteiger partial charge in [-0.05, 0) is 17.7 Å². The second-order valence-corrected chi connectivity index (χ2v) is 3.63. The van der Waals surface area contributed by atoms with Gasteiger partial charge in [0.1, 0.15) is 12.4 Å². The summed E-state index contributed by atoms with van der Waals surface area (Å²) in [7, 11) is 0. The van der Waals surface area contributed by atoms with Crippen molar-refractivity contribution in [2.24, 2.45) is 0 Å². The lowest BCUT2D eigenvalue weighted by atomic mass is 10.1. The van der Waals surface area contributed by atoms with Gasteiger partial charge < -0.3 is 10.1 Å². The molecular formula is C10H10BrNO2. The van der Waals surface area contributed by atoms with Gasteiger partial charge in [0.2, 0.25) is 0 Å². The predicted molar refractivity (Wildman–Crippen MR) is 56.9 cm³/mol. The van der Waals surface area contributed by atoms with Gasteiger partial charge in [0, 0.05) is 5.33 Å². The van der Waals surface area contributed by atoms with Crippen LogP contribution >= 0.6 is 15.9 Å². The average molecular weight is 256 g/mol. The zero-order chi connectivity index (χ0) is 9.97. The van der Waals surface area contributed by atoms with Gasteiger partial charge in [-0.25, -0.2) is 0 Å². The molecule has 0 aromatic heterocycles. The summed E-state index contributed by atoms with van der Waals surface area (Å²) in [6, 6.07) is 5.65. The van der Waals surface area contributed by atoms with Crippen LogP contribution in [0.3, 0.4) is 0 Å². The van der Waals surface area contributed by atoms with Gasteiger partial charge in [0.25, 0.3) is 5.91 Å². The number of amides is 1. The maximum atomic E-state index is 11.6. The fourth-order valence-electron chi connectivity index (χ4n) is 1.38. The van der Waals surface area contributed by atoms with E-state index in [4.69, 9.17) is 4.74 Å². The Labute approximate surface area is 90.6 Å². The number of carbonyl (C=O) groups is 1. The molecule has 0 atom stereocenters. The number of ether oxygens (including phenoxy) is 1. The lowest BCUT2D eigenvalue weighted by molar-refractivity contribution is 0.0957. The molecule has 0 unspecified atom stereocenters. The van der Waals surface area contributed by atoms with Crippen LogP contribution in [0, 0.1) is 0 Å². The van der Waals surface area contributed by atoms with Crippen molar-refractivity contribution in [3.8, 4) is 5.75 Å². The molecule has 0 saturated carbocycles. The zero-order valence-corrected chi connectivity index (χ0v) is 9.13. The number of carbonyl (C=O) groups excluding carboxylic acids is 1. The highest BCUT2D eigenvalue weighted by molar-refractivity contribution is 9.08. The first-order valence-electron chi connectivity index (χ1n) is 4.41. The number of hydrogen-bond donors (Lipinski definition) is 1. The molecule has 3 nitrogen and oxygen atoms in total. The summed E-state index contributed by atoms with van der Waals surface area (Å²) in [5.74, 6) is 0.616. The summed E-state index contributed by atoms with van der Waals surface area (Å²) >= 11 is 3.35. The van der Waals surface area contributed by atoms with Crippen molar-refractivity contribution in [1.29, 1.82) is 0 Å². The highest BCUT2D eigenvalue weighted by Crippen LogP contribution is 2.22. The van der Waals surface area contributed by atoms with Gasteiger partial charge in [-0.3, -0.25) is 4.79 Å². The highest BCUT2D eigenvalue weighted by Gasteiger charge is 2.15. The molecule has 0 fully saturated rings. The van der Waals surface area contributed by atoms with Crippen molar-refractivity contribution in [1.82, 2.24) is 5.32 Å². The monoisotopic (exact) mass is 255 g/mol. The van der Waals surface area contributed by atoms with E-state index in [1.807, 2.05) is 18.2 Å². The Morgan fingerprint density at radius 2 is 2.36 bits per heavy atom. The molecule has 0 saturated heterocycles. The summed E-state index contributed by atoms with van der Waals surface area (Å²) in [6.45, 7) is 1.10. The molecule has 14 heavy (non-hydrogen) atoms. The Bertz CT molecular complexity index is 365. The number of halogens is 1. The lowest BCUT2D eigenvalue weighted by Crippen LogP contribution is -2.24. The first-order valence-corrected chi connectivity index (χ1v) is 5.53. The molecule has 74 valence electrons. The third-order valence-corrected chi connectivity index (χ3v) is 2.74. The molecule has 0 spiro atoms. The molecule has 1 aliphatic rings. The molecule has 1 heterocycles. The van der Waals surface area contributed by atoms with Crippen molar-refractivity contribution in [2.75, 3.05) is 13.2 Å². The molecule has 1 aliphatic heterocycles. The molecule has 0 bridgehead atoms. The minimum Gasteiger partial charge on any atom is -0.491 e. The van der Waals surface area contributed by atoms with Gasteiger partial charge in [0.15, 0.2) is 0 Å². The summed E-state index contributed by atoms with van der Waals surface area (Å²) in [5.41, 5.74) is 1.70. The maximum absolute atomic E-state index is 11.6. The molecule has 1 aromatic rings. The molecular weight excluding hydrogens is 246 g/mol. The molecule has 1 N–H and O–H groups in total. The summed E-state index contributed by atoms with van der Waals surface area (Å²) in [4.78, 5) is 11.6. The molecule has 0 radical (unpaired) electrons. The van der Waals surface area contributed by atoms with E-state index in [9.17, 15) is 4.79 Å². The fraction of sp³-hybridized carbons (Fsp3) is 0.300. The van der Waals surface area contributed by atoms with Crippen molar-refractivity contribution in [3.63, 3.8) is 0 Å². The quantitative estimate of drug-likeness (QED) is 0.777. The van der Waals surface area contributed by atoms with Crippen molar-refractivity contribution >= 4 is 21.8 Å². The highest BCUT2D eigenvalue weighted by atomic mass is 79.9. The first-order chi connectivity index (χ1) is 6.81. The van der Waals surface area contributed by atoms with Gasteiger partial charge in [0.05, 0.1) is 12.1 Å². The summed E-state index contributed by atoms with van der Waals surface area (Å²) < 4.78 is 5.42. The Morgan fingerprint density at radius 1 is 1.50 bits per heavy atom. The number of nitrogens with one attached hydrogen (secondary N) is 1. The van der Waals surface area contributed by atoms with Crippen LogP contribution in [0.1, 0.15) is 15.9 Å². The van der Waals surface area contributed by atoms with Gasteiger partial charge in [-0.2, -0.15) is 0 Å². The number of rotatable bonds is 1. The van der Waals surface area contributed by atoms with Crippen molar-refractivity contribution in [2.45, 2.75) is 5.33 Å². The second kappa shape index (κ2) is 4.00. The largest absolute Gasteiger partial charge is 0.491 e. The van der Waals surface area contributed by atoms with E-state index in [0.29, 0.717) is 24.5 Å². The normalized spacial score (nSPS) is 15.1. The second-order valence-electron chi connectivity index (χ2n) is 3.07. The van der Waals surface area contributed by atoms with Crippen LogP contribution in [-0.2, 0) is 5.33 Å². The number of benzene rings is 1. The topological polar surface area (TPSA) is 38.3 Å². The van der Waals surface area contributed by atoms with Crippen LogP contribution in [0.2, 0.25) is 0 Å². The number of fused-ring (bicyclic) bond motifs is 1. The van der Waals surface area contributed by atoms with Crippen molar-refractivity contribution < 1.29 is 9.53 Å². The van der Waals surface area contributed by atoms with E-state index in [1.165, 1.54) is 0 Å². The van der Waals surface area contributed by atoms with Gasteiger partial charge in [-0.15, -0.1) is 0 Å².